The third-order valence-corrected chi connectivity index (χ3v) is 9.98. The van der Waals surface area contributed by atoms with Gasteiger partial charge in [-0.3, -0.25) is 0 Å². The quantitative estimate of drug-likeness (QED) is 0.429. The van der Waals surface area contributed by atoms with Gasteiger partial charge in [-0.15, -0.1) is 0 Å². The highest BCUT2D eigenvalue weighted by Crippen LogP contribution is 2.52. The summed E-state index contributed by atoms with van der Waals surface area (Å²) in [5.74, 6) is 0.661. The SMILES string of the molecule is C=C(C)C1CC[C@]2(CO[Si](C)(C)C(C)(C)C)OC2C1. The lowest BCUT2D eigenvalue weighted by Crippen LogP contribution is -2.44. The Hall–Kier alpha value is -0.123. The molecule has 1 saturated heterocycles. The van der Waals surface area contributed by atoms with E-state index < -0.39 is 8.32 Å². The fourth-order valence-electron chi connectivity index (χ4n) is 2.69. The lowest BCUT2D eigenvalue weighted by atomic mass is 9.79. The minimum Gasteiger partial charge on any atom is -0.414 e. The van der Waals surface area contributed by atoms with Gasteiger partial charge in [-0.1, -0.05) is 32.9 Å². The topological polar surface area (TPSA) is 21.8 Å². The van der Waals surface area contributed by atoms with Gasteiger partial charge in [-0.05, 0) is 50.2 Å². The Labute approximate surface area is 119 Å². The molecule has 2 unspecified atom stereocenters. The summed E-state index contributed by atoms with van der Waals surface area (Å²) in [6, 6.07) is 0. The van der Waals surface area contributed by atoms with E-state index in [-0.39, 0.29) is 10.6 Å². The summed E-state index contributed by atoms with van der Waals surface area (Å²) in [5, 5.41) is 0.281. The van der Waals surface area contributed by atoms with Crippen molar-refractivity contribution in [2.75, 3.05) is 6.61 Å². The van der Waals surface area contributed by atoms with Crippen LogP contribution in [0.15, 0.2) is 12.2 Å². The summed E-state index contributed by atoms with van der Waals surface area (Å²) >= 11 is 0. The van der Waals surface area contributed by atoms with Crippen LogP contribution in [0.5, 0.6) is 0 Å². The minimum absolute atomic E-state index is 0.0570. The molecule has 0 aromatic rings. The van der Waals surface area contributed by atoms with Gasteiger partial charge in [0.1, 0.15) is 5.60 Å². The van der Waals surface area contributed by atoms with Gasteiger partial charge in [0.15, 0.2) is 8.32 Å². The monoisotopic (exact) mass is 282 g/mol. The number of allylic oxidation sites excluding steroid dienone is 1. The van der Waals surface area contributed by atoms with E-state index in [0.29, 0.717) is 12.0 Å². The molecule has 3 heteroatoms. The number of ether oxygens (including phenoxy) is 1. The second-order valence-electron chi connectivity index (χ2n) is 8.04. The molecule has 2 fully saturated rings. The van der Waals surface area contributed by atoms with E-state index in [1.54, 1.807) is 0 Å². The maximum atomic E-state index is 6.37. The number of rotatable bonds is 4. The smallest absolute Gasteiger partial charge is 0.192 e. The summed E-state index contributed by atoms with van der Waals surface area (Å²) in [6.45, 7) is 18.6. The van der Waals surface area contributed by atoms with Crippen molar-refractivity contribution in [2.24, 2.45) is 5.92 Å². The first kappa shape index (κ1) is 15.3. The molecule has 1 aliphatic heterocycles. The van der Waals surface area contributed by atoms with Gasteiger partial charge in [0.05, 0.1) is 12.7 Å². The largest absolute Gasteiger partial charge is 0.414 e. The van der Waals surface area contributed by atoms with E-state index in [9.17, 15) is 0 Å². The first-order valence-electron chi connectivity index (χ1n) is 7.55. The fraction of sp³-hybridized carbons (Fsp3) is 0.875. The maximum Gasteiger partial charge on any atom is 0.192 e. The molecule has 0 bridgehead atoms. The third-order valence-electron chi connectivity index (χ3n) is 5.50. The third kappa shape index (κ3) is 2.98. The number of fused-ring (bicyclic) bond motifs is 1. The molecule has 0 aromatic heterocycles. The molecule has 19 heavy (non-hydrogen) atoms. The molecule has 2 nitrogen and oxygen atoms in total. The van der Waals surface area contributed by atoms with Crippen LogP contribution in [0, 0.1) is 5.92 Å². The van der Waals surface area contributed by atoms with Crippen LogP contribution in [0.2, 0.25) is 18.1 Å². The minimum atomic E-state index is -1.65. The van der Waals surface area contributed by atoms with Crippen molar-refractivity contribution in [3.05, 3.63) is 12.2 Å². The average Bonchev–Trinajstić information content (AvgIpc) is 2.98. The molecule has 3 atom stereocenters. The Morgan fingerprint density at radius 3 is 2.53 bits per heavy atom. The van der Waals surface area contributed by atoms with Crippen LogP contribution in [-0.4, -0.2) is 26.6 Å². The molecular formula is C16H30O2Si. The predicted molar refractivity (Wildman–Crippen MR) is 82.9 cm³/mol. The Kier molecular flexibility index (Phi) is 3.79. The Bertz CT molecular complexity index is 369. The molecule has 0 amide bonds. The van der Waals surface area contributed by atoms with Gasteiger partial charge < -0.3 is 9.16 Å². The van der Waals surface area contributed by atoms with Crippen molar-refractivity contribution in [3.63, 3.8) is 0 Å². The standard InChI is InChI=1S/C16H30O2Si/c1-12(2)13-8-9-16(14(10-13)18-16)11-17-19(6,7)15(3,4)5/h13-14H,1,8-11H2,2-7H3/t13?,14?,16-/m1/s1. The van der Waals surface area contributed by atoms with Crippen molar-refractivity contribution >= 4 is 8.32 Å². The van der Waals surface area contributed by atoms with Crippen LogP contribution in [0.25, 0.3) is 0 Å². The second kappa shape index (κ2) is 4.71. The molecule has 110 valence electrons. The van der Waals surface area contributed by atoms with Gasteiger partial charge in [-0.25, -0.2) is 0 Å². The summed E-state index contributed by atoms with van der Waals surface area (Å²) in [6.07, 6.45) is 3.93. The molecular weight excluding hydrogens is 252 g/mol. The van der Waals surface area contributed by atoms with Gasteiger partial charge in [-0.2, -0.15) is 0 Å². The van der Waals surface area contributed by atoms with Crippen LogP contribution < -0.4 is 0 Å². The second-order valence-corrected chi connectivity index (χ2v) is 12.8. The summed E-state index contributed by atoms with van der Waals surface area (Å²) in [7, 11) is -1.65. The molecule has 0 N–H and O–H groups in total. The van der Waals surface area contributed by atoms with E-state index in [1.807, 2.05) is 0 Å². The molecule has 0 radical (unpaired) electrons. The predicted octanol–water partition coefficient (Wildman–Crippen LogP) is 4.52. The zero-order valence-electron chi connectivity index (χ0n) is 13.5. The lowest BCUT2D eigenvalue weighted by molar-refractivity contribution is 0.164. The first-order valence-corrected chi connectivity index (χ1v) is 10.5. The van der Waals surface area contributed by atoms with Crippen molar-refractivity contribution in [2.45, 2.75) is 76.8 Å². The number of hydrogen-bond donors (Lipinski definition) is 0. The summed E-state index contributed by atoms with van der Waals surface area (Å²) in [5.41, 5.74) is 1.37. The highest BCUT2D eigenvalue weighted by atomic mass is 28.4. The van der Waals surface area contributed by atoms with Crippen molar-refractivity contribution in [1.29, 1.82) is 0 Å². The molecule has 1 heterocycles. The normalized spacial score (nSPS) is 34.8. The lowest BCUT2D eigenvalue weighted by Gasteiger charge is -2.37. The highest BCUT2D eigenvalue weighted by molar-refractivity contribution is 6.74. The van der Waals surface area contributed by atoms with Crippen molar-refractivity contribution in [1.82, 2.24) is 0 Å². The average molecular weight is 282 g/mol. The Morgan fingerprint density at radius 1 is 1.42 bits per heavy atom. The van der Waals surface area contributed by atoms with Gasteiger partial charge in [0.25, 0.3) is 0 Å². The zero-order valence-corrected chi connectivity index (χ0v) is 14.5. The van der Waals surface area contributed by atoms with Gasteiger partial charge in [0, 0.05) is 0 Å². The Morgan fingerprint density at radius 2 is 2.05 bits per heavy atom. The molecule has 1 aliphatic carbocycles. The highest BCUT2D eigenvalue weighted by Gasteiger charge is 2.59. The maximum absolute atomic E-state index is 6.37. The van der Waals surface area contributed by atoms with Gasteiger partial charge >= 0.3 is 0 Å². The Balaban J connectivity index is 1.89. The number of epoxide rings is 1. The molecule has 0 aromatic carbocycles. The summed E-state index contributed by atoms with van der Waals surface area (Å²) in [4.78, 5) is 0. The fourth-order valence-corrected chi connectivity index (χ4v) is 3.73. The van der Waals surface area contributed by atoms with E-state index in [4.69, 9.17) is 9.16 Å². The van der Waals surface area contributed by atoms with E-state index in [0.717, 1.165) is 19.4 Å². The van der Waals surface area contributed by atoms with Crippen LogP contribution in [0.1, 0.15) is 47.0 Å². The molecule has 2 aliphatic rings. The van der Waals surface area contributed by atoms with E-state index in [1.165, 1.54) is 12.0 Å². The zero-order chi connectivity index (χ0) is 14.5. The van der Waals surface area contributed by atoms with Crippen LogP contribution >= 0.6 is 0 Å². The van der Waals surface area contributed by atoms with E-state index in [2.05, 4.69) is 47.4 Å². The van der Waals surface area contributed by atoms with Crippen LogP contribution in [0.4, 0.5) is 0 Å². The molecule has 0 spiro atoms. The van der Waals surface area contributed by atoms with Crippen LogP contribution in [-0.2, 0) is 9.16 Å². The summed E-state index contributed by atoms with van der Waals surface area (Å²) < 4.78 is 12.4. The van der Waals surface area contributed by atoms with E-state index >= 15 is 0 Å². The van der Waals surface area contributed by atoms with Crippen molar-refractivity contribution < 1.29 is 9.16 Å². The molecule has 2 rings (SSSR count). The van der Waals surface area contributed by atoms with Crippen molar-refractivity contribution in [3.8, 4) is 0 Å². The van der Waals surface area contributed by atoms with Crippen LogP contribution in [0.3, 0.4) is 0 Å². The number of hydrogen-bond acceptors (Lipinski definition) is 2. The first-order chi connectivity index (χ1) is 8.57. The van der Waals surface area contributed by atoms with Gasteiger partial charge in [0.2, 0.25) is 0 Å². The molecule has 1 saturated carbocycles.